The topological polar surface area (TPSA) is 238 Å². The van der Waals surface area contributed by atoms with Crippen molar-refractivity contribution in [1.82, 2.24) is 21.3 Å². The number of aromatic hydroxyl groups is 6. The molecule has 0 unspecified atom stereocenters. The van der Waals surface area contributed by atoms with Crippen LogP contribution in [0, 0.1) is 0 Å². The molecule has 10 N–H and O–H groups in total. The number of hydrogen-bond acceptors (Lipinski definition) is 10. The van der Waals surface area contributed by atoms with Gasteiger partial charge in [-0.05, 0) is 72.5 Å². The van der Waals surface area contributed by atoms with Gasteiger partial charge in [0, 0.05) is 25.9 Å². The lowest BCUT2D eigenvalue weighted by Crippen LogP contribution is -2.48. The fourth-order valence-corrected chi connectivity index (χ4v) is 5.68. The van der Waals surface area contributed by atoms with E-state index in [1.54, 1.807) is 24.3 Å². The fourth-order valence-electron chi connectivity index (χ4n) is 5.68. The smallest absolute Gasteiger partial charge is 0.255 e. The molecule has 286 valence electrons. The highest BCUT2D eigenvalue weighted by molar-refractivity contribution is 6.01. The molecule has 0 spiro atoms. The molecular weight excluding hydrogens is 696 g/mol. The molecule has 4 rings (SSSR count). The summed E-state index contributed by atoms with van der Waals surface area (Å²) in [7, 11) is 0. The van der Waals surface area contributed by atoms with Crippen LogP contribution in [-0.2, 0) is 22.4 Å². The highest BCUT2D eigenvalue weighted by atomic mass is 16.3. The molecule has 4 aromatic carbocycles. The molecule has 14 nitrogen and oxygen atoms in total. The van der Waals surface area contributed by atoms with Gasteiger partial charge < -0.3 is 51.9 Å². The van der Waals surface area contributed by atoms with Crippen LogP contribution in [0.15, 0.2) is 84.9 Å². The number of rotatable bonds is 19. The number of phenolic OH excluding ortho intramolecular Hbond substituents is 6. The summed E-state index contributed by atoms with van der Waals surface area (Å²) >= 11 is 0. The van der Waals surface area contributed by atoms with Crippen LogP contribution >= 0.6 is 0 Å². The summed E-state index contributed by atoms with van der Waals surface area (Å²) in [6, 6.07) is 18.4. The van der Waals surface area contributed by atoms with Gasteiger partial charge >= 0.3 is 0 Å². The van der Waals surface area contributed by atoms with Gasteiger partial charge in [-0.1, -0.05) is 62.1 Å². The van der Waals surface area contributed by atoms with Gasteiger partial charge in [0.05, 0.1) is 11.1 Å². The molecule has 0 saturated heterocycles. The van der Waals surface area contributed by atoms with Gasteiger partial charge in [-0.15, -0.1) is 0 Å². The summed E-state index contributed by atoms with van der Waals surface area (Å²) in [5.41, 5.74) is 1.03. The number of amides is 4. The summed E-state index contributed by atoms with van der Waals surface area (Å²) < 4.78 is 0. The van der Waals surface area contributed by atoms with E-state index in [1.165, 1.54) is 60.7 Å². The van der Waals surface area contributed by atoms with Crippen molar-refractivity contribution in [2.24, 2.45) is 0 Å². The van der Waals surface area contributed by atoms with Gasteiger partial charge in [0.2, 0.25) is 11.8 Å². The first-order valence-electron chi connectivity index (χ1n) is 17.7. The molecule has 0 bridgehead atoms. The second-order valence-corrected chi connectivity index (χ2v) is 12.8. The third kappa shape index (κ3) is 12.1. The second kappa shape index (κ2) is 20.0. The van der Waals surface area contributed by atoms with E-state index in [9.17, 15) is 49.8 Å². The molecular formula is C40H46N4O10. The van der Waals surface area contributed by atoms with E-state index in [4.69, 9.17) is 0 Å². The highest BCUT2D eigenvalue weighted by Gasteiger charge is 2.25. The van der Waals surface area contributed by atoms with E-state index < -0.39 is 58.7 Å². The fraction of sp³-hybridized carbons (Fsp3) is 0.300. The Hall–Kier alpha value is -6.44. The van der Waals surface area contributed by atoms with E-state index in [-0.39, 0.29) is 35.5 Å². The SMILES string of the molecule is O=C(N[C@@H](Cc1ccc(O)cc1)C(=O)NCCCCCCCCNC(=O)[C@H](Cc1ccc(O)cc1)NC(=O)c1cccc(O)c1O)c1cccc(O)c1O. The van der Waals surface area contributed by atoms with Crippen LogP contribution in [0.1, 0.15) is 70.4 Å². The zero-order chi connectivity index (χ0) is 39.0. The molecule has 0 radical (unpaired) electrons. The maximum absolute atomic E-state index is 13.1. The Morgan fingerprint density at radius 2 is 0.815 bits per heavy atom. The van der Waals surface area contributed by atoms with Crippen molar-refractivity contribution in [1.29, 1.82) is 0 Å². The highest BCUT2D eigenvalue weighted by Crippen LogP contribution is 2.29. The molecule has 4 amide bonds. The Labute approximate surface area is 312 Å². The average Bonchev–Trinajstić information content (AvgIpc) is 3.15. The molecule has 14 heteroatoms. The van der Waals surface area contributed by atoms with E-state index in [0.717, 1.165) is 25.7 Å². The number of nitrogens with one attached hydrogen (secondary N) is 4. The summed E-state index contributed by atoms with van der Waals surface area (Å²) in [4.78, 5) is 52.1. The van der Waals surface area contributed by atoms with Gasteiger partial charge in [0.15, 0.2) is 23.0 Å². The van der Waals surface area contributed by atoms with Gasteiger partial charge in [-0.3, -0.25) is 19.2 Å². The zero-order valence-corrected chi connectivity index (χ0v) is 29.6. The number of hydrogen-bond donors (Lipinski definition) is 10. The molecule has 0 heterocycles. The van der Waals surface area contributed by atoms with E-state index in [0.29, 0.717) is 37.1 Å². The number of carbonyl (C=O) groups is 4. The lowest BCUT2D eigenvalue weighted by atomic mass is 10.0. The molecule has 2 atom stereocenters. The van der Waals surface area contributed by atoms with E-state index in [1.807, 2.05) is 0 Å². The molecule has 54 heavy (non-hydrogen) atoms. The Morgan fingerprint density at radius 3 is 1.19 bits per heavy atom. The van der Waals surface area contributed by atoms with Crippen molar-refractivity contribution in [2.45, 2.75) is 63.5 Å². The predicted molar refractivity (Wildman–Crippen MR) is 199 cm³/mol. The lowest BCUT2D eigenvalue weighted by Gasteiger charge is -2.19. The Kier molecular flexibility index (Phi) is 14.9. The summed E-state index contributed by atoms with van der Waals surface area (Å²) in [5.74, 6) is -4.30. The van der Waals surface area contributed by atoms with Crippen molar-refractivity contribution in [3.8, 4) is 34.5 Å². The molecule has 0 saturated carbocycles. The molecule has 0 aliphatic carbocycles. The minimum Gasteiger partial charge on any atom is -0.508 e. The maximum Gasteiger partial charge on any atom is 0.255 e. The van der Waals surface area contributed by atoms with Crippen molar-refractivity contribution in [3.63, 3.8) is 0 Å². The van der Waals surface area contributed by atoms with Crippen LogP contribution in [0.4, 0.5) is 0 Å². The number of benzene rings is 4. The third-order valence-electron chi connectivity index (χ3n) is 8.72. The first-order valence-corrected chi connectivity index (χ1v) is 17.7. The number of para-hydroxylation sites is 2. The van der Waals surface area contributed by atoms with Crippen molar-refractivity contribution in [2.75, 3.05) is 13.1 Å². The Bertz CT molecular complexity index is 1750. The number of unbranched alkanes of at least 4 members (excludes halogenated alkanes) is 5. The van der Waals surface area contributed by atoms with Crippen LogP contribution in [0.2, 0.25) is 0 Å². The zero-order valence-electron chi connectivity index (χ0n) is 29.6. The quantitative estimate of drug-likeness (QED) is 0.0492. The molecule has 0 aliphatic rings. The molecule has 0 aliphatic heterocycles. The van der Waals surface area contributed by atoms with Crippen LogP contribution in [0.3, 0.4) is 0 Å². The van der Waals surface area contributed by atoms with Crippen LogP contribution < -0.4 is 21.3 Å². The van der Waals surface area contributed by atoms with Crippen molar-refractivity contribution >= 4 is 23.6 Å². The van der Waals surface area contributed by atoms with E-state index >= 15 is 0 Å². The summed E-state index contributed by atoms with van der Waals surface area (Å²) in [5, 5.41) is 70.0. The predicted octanol–water partition coefficient (Wildman–Crippen LogP) is 3.88. The summed E-state index contributed by atoms with van der Waals surface area (Å²) in [6.45, 7) is 0.728. The van der Waals surface area contributed by atoms with Crippen LogP contribution in [0.5, 0.6) is 34.5 Å². The minimum absolute atomic E-state index is 0.0593. The Balaban J connectivity index is 1.19. The number of phenols is 6. The van der Waals surface area contributed by atoms with E-state index in [2.05, 4.69) is 21.3 Å². The van der Waals surface area contributed by atoms with Crippen molar-refractivity contribution < 1.29 is 49.8 Å². The standard InChI is InChI=1S/C40H46N4O10/c45-27-17-13-25(14-18-27)23-31(43-37(51)29-9-7-11-33(47)35(29)49)39(53)41-21-5-3-1-2-4-6-22-42-40(54)32(24-26-15-19-28(46)20-16-26)44-38(52)30-10-8-12-34(48)36(30)50/h7-20,31-32,45-50H,1-6,21-24H2,(H,41,53)(H,42,54)(H,43,51)(H,44,52)/t31-,32-/m0/s1. The first-order chi connectivity index (χ1) is 25.9. The van der Waals surface area contributed by atoms with Gasteiger partial charge in [-0.25, -0.2) is 0 Å². The second-order valence-electron chi connectivity index (χ2n) is 12.8. The minimum atomic E-state index is -0.994. The average molecular weight is 743 g/mol. The van der Waals surface area contributed by atoms with Gasteiger partial charge in [0.1, 0.15) is 23.6 Å². The monoisotopic (exact) mass is 742 g/mol. The van der Waals surface area contributed by atoms with Gasteiger partial charge in [-0.2, -0.15) is 0 Å². The third-order valence-corrected chi connectivity index (χ3v) is 8.72. The first kappa shape index (κ1) is 40.3. The van der Waals surface area contributed by atoms with Gasteiger partial charge in [0.25, 0.3) is 11.8 Å². The lowest BCUT2D eigenvalue weighted by molar-refractivity contribution is -0.123. The number of carbonyl (C=O) groups excluding carboxylic acids is 4. The Morgan fingerprint density at radius 1 is 0.463 bits per heavy atom. The molecule has 0 aromatic heterocycles. The van der Waals surface area contributed by atoms with Crippen molar-refractivity contribution in [3.05, 3.63) is 107 Å². The molecule has 4 aromatic rings. The van der Waals surface area contributed by atoms with Crippen LogP contribution in [0.25, 0.3) is 0 Å². The largest absolute Gasteiger partial charge is 0.508 e. The van der Waals surface area contributed by atoms with Crippen LogP contribution in [-0.4, -0.2) is 79.4 Å². The maximum atomic E-state index is 13.1. The molecule has 0 fully saturated rings. The summed E-state index contributed by atoms with van der Waals surface area (Å²) in [6.07, 6.45) is 5.01. The normalized spacial score (nSPS) is 11.9.